The highest BCUT2D eigenvalue weighted by molar-refractivity contribution is 6.35. The van der Waals surface area contributed by atoms with Crippen LogP contribution in [0.1, 0.15) is 38.2 Å². The van der Waals surface area contributed by atoms with E-state index in [1.807, 2.05) is 6.07 Å². The Balaban J connectivity index is 2.28. The average molecular weight is 289 g/mol. The van der Waals surface area contributed by atoms with Gasteiger partial charge in [-0.15, -0.1) is 0 Å². The van der Waals surface area contributed by atoms with Crippen molar-refractivity contribution in [2.75, 3.05) is 7.11 Å². The molecule has 0 N–H and O–H groups in total. The zero-order valence-corrected chi connectivity index (χ0v) is 12.4. The number of hydrogen-bond donors (Lipinski definition) is 0. The fraction of sp³-hybridized carbons (Fsp3) is 0.571. The normalized spacial score (nSPS) is 23.8. The van der Waals surface area contributed by atoms with Gasteiger partial charge in [0.2, 0.25) is 0 Å². The summed E-state index contributed by atoms with van der Waals surface area (Å²) in [7, 11) is 1.64. The van der Waals surface area contributed by atoms with E-state index in [9.17, 15) is 0 Å². The van der Waals surface area contributed by atoms with Crippen LogP contribution < -0.4 is 4.74 Å². The highest BCUT2D eigenvalue weighted by Crippen LogP contribution is 2.42. The molecular weight excluding hydrogens is 271 g/mol. The largest absolute Gasteiger partial charge is 0.495 e. The Bertz CT molecular complexity index is 434. The van der Waals surface area contributed by atoms with Crippen LogP contribution in [0.5, 0.6) is 5.75 Å². The van der Waals surface area contributed by atoms with Gasteiger partial charge in [0.25, 0.3) is 0 Å². The maximum absolute atomic E-state index is 6.18. The van der Waals surface area contributed by atoms with Crippen molar-refractivity contribution < 1.29 is 9.47 Å². The lowest BCUT2D eigenvalue weighted by Crippen LogP contribution is -2.05. The summed E-state index contributed by atoms with van der Waals surface area (Å²) in [5.41, 5.74) is 1.08. The first-order valence-electron chi connectivity index (χ1n) is 6.25. The molecule has 1 aliphatic heterocycles. The number of rotatable bonds is 5. The van der Waals surface area contributed by atoms with Crippen molar-refractivity contribution in [3.05, 3.63) is 27.7 Å². The van der Waals surface area contributed by atoms with Crippen LogP contribution in [0.3, 0.4) is 0 Å². The molecule has 0 aliphatic carbocycles. The molecule has 1 aromatic carbocycles. The van der Waals surface area contributed by atoms with Crippen LogP contribution in [0, 0.1) is 0 Å². The molecule has 18 heavy (non-hydrogen) atoms. The second-order valence-electron chi connectivity index (χ2n) is 4.73. The topological polar surface area (TPSA) is 21.8 Å². The number of methoxy groups -OCH3 is 1. The lowest BCUT2D eigenvalue weighted by molar-refractivity contribution is 0.353. The number of halogens is 2. The van der Waals surface area contributed by atoms with E-state index in [-0.39, 0.29) is 0 Å². The van der Waals surface area contributed by atoms with Crippen LogP contribution in [0.25, 0.3) is 0 Å². The molecule has 1 fully saturated rings. The molecule has 0 aromatic heterocycles. The monoisotopic (exact) mass is 288 g/mol. The number of hydrogen-bond acceptors (Lipinski definition) is 2. The molecule has 100 valence electrons. The quantitative estimate of drug-likeness (QED) is 0.734. The van der Waals surface area contributed by atoms with Crippen molar-refractivity contribution in [3.8, 4) is 5.75 Å². The molecule has 1 aliphatic rings. The van der Waals surface area contributed by atoms with Crippen LogP contribution in [0.4, 0.5) is 0 Å². The highest BCUT2D eigenvalue weighted by Gasteiger charge is 2.36. The van der Waals surface area contributed by atoms with Crippen molar-refractivity contribution in [2.24, 2.45) is 0 Å². The van der Waals surface area contributed by atoms with Gasteiger partial charge in [0.15, 0.2) is 0 Å². The fourth-order valence-electron chi connectivity index (χ4n) is 2.37. The first-order valence-corrected chi connectivity index (χ1v) is 7.00. The summed E-state index contributed by atoms with van der Waals surface area (Å²) >= 11 is 12.3. The molecule has 0 spiro atoms. The summed E-state index contributed by atoms with van der Waals surface area (Å²) in [6, 6.07) is 3.67. The zero-order valence-electron chi connectivity index (χ0n) is 10.9. The lowest BCUT2D eigenvalue weighted by atomic mass is 9.90. The Morgan fingerprint density at radius 2 is 2.06 bits per heavy atom. The van der Waals surface area contributed by atoms with Crippen LogP contribution >= 0.6 is 23.2 Å². The number of ether oxygens (including phenoxy) is 2. The van der Waals surface area contributed by atoms with Crippen LogP contribution in [-0.4, -0.2) is 19.3 Å². The minimum absolute atomic E-state index is 0.359. The van der Waals surface area contributed by atoms with Crippen molar-refractivity contribution >= 4 is 23.2 Å². The number of benzene rings is 1. The summed E-state index contributed by atoms with van der Waals surface area (Å²) in [4.78, 5) is 0. The van der Waals surface area contributed by atoms with E-state index >= 15 is 0 Å². The van der Waals surface area contributed by atoms with Crippen molar-refractivity contribution in [3.63, 3.8) is 0 Å². The fourth-order valence-corrected chi connectivity index (χ4v) is 2.96. The van der Waals surface area contributed by atoms with Crippen LogP contribution in [0.15, 0.2) is 12.1 Å². The Hall–Kier alpha value is -0.440. The summed E-state index contributed by atoms with van der Waals surface area (Å²) in [6.07, 6.45) is 2.74. The van der Waals surface area contributed by atoms with E-state index in [0.717, 1.165) is 24.2 Å². The second-order valence-corrected chi connectivity index (χ2v) is 5.57. The second kappa shape index (κ2) is 5.68. The molecule has 2 nitrogen and oxygen atoms in total. The van der Waals surface area contributed by atoms with Crippen LogP contribution in [0.2, 0.25) is 10.0 Å². The predicted molar refractivity (Wildman–Crippen MR) is 75.0 cm³/mol. The van der Waals surface area contributed by atoms with E-state index in [2.05, 4.69) is 13.8 Å². The van der Waals surface area contributed by atoms with Gasteiger partial charge in [-0.3, -0.25) is 0 Å². The van der Waals surface area contributed by atoms with Crippen molar-refractivity contribution in [1.82, 2.24) is 0 Å². The van der Waals surface area contributed by atoms with Gasteiger partial charge in [0, 0.05) is 10.6 Å². The van der Waals surface area contributed by atoms with Gasteiger partial charge in [-0.05, 0) is 37.8 Å². The van der Waals surface area contributed by atoms with Gasteiger partial charge in [0.05, 0.1) is 24.3 Å². The molecular formula is C14H18Cl2O2. The third-order valence-corrected chi connectivity index (χ3v) is 4.03. The zero-order chi connectivity index (χ0) is 13.3. The number of epoxide rings is 1. The summed E-state index contributed by atoms with van der Waals surface area (Å²) < 4.78 is 10.9. The average Bonchev–Trinajstić information content (AvgIpc) is 3.01. The molecule has 1 heterocycles. The molecule has 1 saturated heterocycles. The van der Waals surface area contributed by atoms with Crippen molar-refractivity contribution in [1.29, 1.82) is 0 Å². The predicted octanol–water partition coefficient (Wildman–Crippen LogP) is 4.67. The maximum atomic E-state index is 6.18. The molecule has 0 radical (unpaired) electrons. The Morgan fingerprint density at radius 3 is 2.56 bits per heavy atom. The Kier molecular flexibility index (Phi) is 4.41. The molecule has 0 amide bonds. The smallest absolute Gasteiger partial charge is 0.141 e. The SMILES string of the molecule is CCC(CC1OC1C)c1cc(Cl)cc(Cl)c1OC. The highest BCUT2D eigenvalue weighted by atomic mass is 35.5. The maximum Gasteiger partial charge on any atom is 0.141 e. The minimum atomic E-state index is 0.359. The molecule has 2 rings (SSSR count). The van der Waals surface area contributed by atoms with Gasteiger partial charge < -0.3 is 9.47 Å². The molecule has 3 unspecified atom stereocenters. The van der Waals surface area contributed by atoms with E-state index in [0.29, 0.717) is 28.2 Å². The summed E-state index contributed by atoms with van der Waals surface area (Å²) in [5.74, 6) is 1.10. The van der Waals surface area contributed by atoms with E-state index in [1.54, 1.807) is 13.2 Å². The van der Waals surface area contributed by atoms with Gasteiger partial charge >= 0.3 is 0 Å². The minimum Gasteiger partial charge on any atom is -0.495 e. The molecule has 4 heteroatoms. The first-order chi connectivity index (χ1) is 8.56. The molecule has 0 saturated carbocycles. The Labute approximate surface area is 118 Å². The molecule has 1 aromatic rings. The van der Waals surface area contributed by atoms with Gasteiger partial charge in [-0.1, -0.05) is 30.1 Å². The van der Waals surface area contributed by atoms with Gasteiger partial charge in [-0.25, -0.2) is 0 Å². The standard InChI is InChI=1S/C14H18Cl2O2/c1-4-9(5-13-8(2)18-13)11-6-10(15)7-12(16)14(11)17-3/h6-9,13H,4-5H2,1-3H3. The van der Waals surface area contributed by atoms with Crippen molar-refractivity contribution in [2.45, 2.75) is 44.8 Å². The van der Waals surface area contributed by atoms with Gasteiger partial charge in [0.1, 0.15) is 5.75 Å². The van der Waals surface area contributed by atoms with Crippen LogP contribution in [-0.2, 0) is 4.74 Å². The van der Waals surface area contributed by atoms with E-state index in [4.69, 9.17) is 32.7 Å². The third kappa shape index (κ3) is 2.93. The van der Waals surface area contributed by atoms with E-state index < -0.39 is 0 Å². The Morgan fingerprint density at radius 1 is 1.39 bits per heavy atom. The molecule has 3 atom stereocenters. The van der Waals surface area contributed by atoms with Gasteiger partial charge in [-0.2, -0.15) is 0 Å². The first kappa shape index (κ1) is 14.0. The van der Waals surface area contributed by atoms with E-state index in [1.165, 1.54) is 0 Å². The molecule has 0 bridgehead atoms. The summed E-state index contributed by atoms with van der Waals surface area (Å²) in [6.45, 7) is 4.26. The lowest BCUT2D eigenvalue weighted by Gasteiger charge is -2.19. The third-order valence-electron chi connectivity index (χ3n) is 3.53. The summed E-state index contributed by atoms with van der Waals surface area (Å²) in [5, 5.41) is 1.22.